The third kappa shape index (κ3) is 4.55. The molecule has 2 unspecified atom stereocenters. The molecule has 3 aromatic carbocycles. The van der Waals surface area contributed by atoms with Crippen molar-refractivity contribution in [1.29, 1.82) is 0 Å². The summed E-state index contributed by atoms with van der Waals surface area (Å²) in [7, 11) is 1.98. The molecule has 0 aliphatic carbocycles. The van der Waals surface area contributed by atoms with E-state index in [1.165, 1.54) is 5.56 Å². The normalized spacial score (nSPS) is 17.4. The van der Waals surface area contributed by atoms with Gasteiger partial charge in [-0.15, -0.1) is 5.53 Å². The van der Waals surface area contributed by atoms with Crippen LogP contribution in [0.25, 0.3) is 0 Å². The van der Waals surface area contributed by atoms with Gasteiger partial charge in [0.25, 0.3) is 5.91 Å². The maximum atomic E-state index is 13.3. The number of aliphatic carboxylic acids is 1. The van der Waals surface area contributed by atoms with E-state index < -0.39 is 5.97 Å². The zero-order valence-electron chi connectivity index (χ0n) is 21.9. The Morgan fingerprint density at radius 3 is 2.54 bits per heavy atom. The standard InChI is InChI=1S/C30H34N4O3/c1-5-34-27-14-13-25(20(3)29(27)32(4)31-34)26(17-28(35)36)23-12-11-22-15-19(2)33(18-24(22)16-23)30(37)21-9-7-6-8-10-21/h6-14,16,19,26,31H,5,15,17-18H2,1-4H3,(H,35,36). The monoisotopic (exact) mass is 498 g/mol. The van der Waals surface area contributed by atoms with E-state index in [0.29, 0.717) is 12.1 Å². The lowest BCUT2D eigenvalue weighted by Gasteiger charge is -2.35. The smallest absolute Gasteiger partial charge is 0.304 e. The van der Waals surface area contributed by atoms with Crippen molar-refractivity contribution in [3.8, 4) is 0 Å². The van der Waals surface area contributed by atoms with Crippen LogP contribution in [-0.4, -0.2) is 41.5 Å². The summed E-state index contributed by atoms with van der Waals surface area (Å²) in [4.78, 5) is 27.2. The minimum absolute atomic E-state index is 0.00386. The molecule has 7 heteroatoms. The van der Waals surface area contributed by atoms with Crippen molar-refractivity contribution in [2.75, 3.05) is 23.6 Å². The molecule has 2 heterocycles. The fourth-order valence-electron chi connectivity index (χ4n) is 5.82. The first-order valence-electron chi connectivity index (χ1n) is 12.9. The molecule has 0 bridgehead atoms. The minimum atomic E-state index is -0.834. The van der Waals surface area contributed by atoms with Crippen molar-refractivity contribution in [1.82, 2.24) is 10.4 Å². The lowest BCUT2D eigenvalue weighted by atomic mass is 9.82. The van der Waals surface area contributed by atoms with E-state index in [4.69, 9.17) is 0 Å². The molecule has 2 aliphatic rings. The van der Waals surface area contributed by atoms with E-state index in [1.807, 2.05) is 47.3 Å². The highest BCUT2D eigenvalue weighted by molar-refractivity contribution is 5.94. The molecule has 1 amide bonds. The number of hydrogen-bond donors (Lipinski definition) is 2. The van der Waals surface area contributed by atoms with E-state index in [0.717, 1.165) is 46.6 Å². The average molecular weight is 499 g/mol. The van der Waals surface area contributed by atoms with E-state index in [-0.39, 0.29) is 24.3 Å². The number of nitrogens with one attached hydrogen (secondary N) is 1. The largest absolute Gasteiger partial charge is 0.481 e. The van der Waals surface area contributed by atoms with E-state index >= 15 is 0 Å². The Bertz CT molecular complexity index is 1340. The quantitative estimate of drug-likeness (QED) is 0.504. The SMILES string of the molecule is CCN1NN(C)c2c1ccc(C(CC(=O)O)c1ccc3c(c1)CN(C(=O)c1ccccc1)C(C)C3)c2C. The van der Waals surface area contributed by atoms with Crippen LogP contribution in [0.4, 0.5) is 11.4 Å². The highest BCUT2D eigenvalue weighted by Crippen LogP contribution is 2.42. The number of rotatable bonds is 6. The molecular weight excluding hydrogens is 464 g/mol. The zero-order chi connectivity index (χ0) is 26.3. The first kappa shape index (κ1) is 24.8. The van der Waals surface area contributed by atoms with Gasteiger partial charge >= 0.3 is 5.97 Å². The number of amides is 1. The van der Waals surface area contributed by atoms with Crippen LogP contribution in [0, 0.1) is 6.92 Å². The van der Waals surface area contributed by atoms with Crippen LogP contribution in [-0.2, 0) is 17.8 Å². The summed E-state index contributed by atoms with van der Waals surface area (Å²) >= 11 is 0. The van der Waals surface area contributed by atoms with Crippen LogP contribution in [0.2, 0.25) is 0 Å². The van der Waals surface area contributed by atoms with Crippen LogP contribution in [0.1, 0.15) is 64.4 Å². The lowest BCUT2D eigenvalue weighted by Crippen LogP contribution is -2.42. The number of anilines is 2. The molecule has 2 aliphatic heterocycles. The number of carboxylic acid groups (broad SMARTS) is 1. The van der Waals surface area contributed by atoms with Gasteiger partial charge in [0.05, 0.1) is 17.8 Å². The van der Waals surface area contributed by atoms with Gasteiger partial charge in [0.2, 0.25) is 0 Å². The van der Waals surface area contributed by atoms with Crippen molar-refractivity contribution in [3.63, 3.8) is 0 Å². The van der Waals surface area contributed by atoms with Gasteiger partial charge in [0, 0.05) is 37.7 Å². The predicted molar refractivity (Wildman–Crippen MR) is 146 cm³/mol. The highest BCUT2D eigenvalue weighted by Gasteiger charge is 2.31. The van der Waals surface area contributed by atoms with Crippen LogP contribution >= 0.6 is 0 Å². The molecule has 0 radical (unpaired) electrons. The summed E-state index contributed by atoms with van der Waals surface area (Å²) in [6.07, 6.45) is 0.773. The van der Waals surface area contributed by atoms with Gasteiger partial charge < -0.3 is 10.0 Å². The molecule has 37 heavy (non-hydrogen) atoms. The Balaban J connectivity index is 1.51. The molecule has 0 fully saturated rings. The number of carbonyl (C=O) groups is 2. The molecule has 5 rings (SSSR count). The summed E-state index contributed by atoms with van der Waals surface area (Å²) in [5, 5.41) is 13.9. The summed E-state index contributed by atoms with van der Waals surface area (Å²) in [6, 6.07) is 19.9. The predicted octanol–water partition coefficient (Wildman–Crippen LogP) is 4.88. The number of benzene rings is 3. The van der Waals surface area contributed by atoms with Crippen LogP contribution < -0.4 is 15.6 Å². The van der Waals surface area contributed by atoms with E-state index in [9.17, 15) is 14.7 Å². The molecule has 2 N–H and O–H groups in total. The number of carboxylic acids is 1. The van der Waals surface area contributed by atoms with Gasteiger partial charge in [-0.25, -0.2) is 0 Å². The number of hydrazine groups is 2. The fraction of sp³-hybridized carbons (Fsp3) is 0.333. The van der Waals surface area contributed by atoms with Gasteiger partial charge in [-0.05, 0) is 73.2 Å². The molecule has 0 spiro atoms. The average Bonchev–Trinajstić information content (AvgIpc) is 3.23. The summed E-state index contributed by atoms with van der Waals surface area (Å²) in [6.45, 7) is 7.57. The fourth-order valence-corrected chi connectivity index (χ4v) is 5.82. The maximum Gasteiger partial charge on any atom is 0.304 e. The zero-order valence-corrected chi connectivity index (χ0v) is 21.9. The number of carbonyl (C=O) groups excluding carboxylic acids is 1. The van der Waals surface area contributed by atoms with Crippen LogP contribution in [0.15, 0.2) is 60.7 Å². The number of fused-ring (bicyclic) bond motifs is 2. The topological polar surface area (TPSA) is 76.1 Å². The Hall–Kier alpha value is -3.84. The van der Waals surface area contributed by atoms with Crippen LogP contribution in [0.3, 0.4) is 0 Å². The van der Waals surface area contributed by atoms with Gasteiger partial charge in [-0.2, -0.15) is 0 Å². The second-order valence-corrected chi connectivity index (χ2v) is 10.1. The molecule has 3 aromatic rings. The second-order valence-electron chi connectivity index (χ2n) is 10.1. The van der Waals surface area contributed by atoms with E-state index in [2.05, 4.69) is 61.6 Å². The van der Waals surface area contributed by atoms with Crippen molar-refractivity contribution < 1.29 is 14.7 Å². The van der Waals surface area contributed by atoms with Crippen LogP contribution in [0.5, 0.6) is 0 Å². The molecular formula is C30H34N4O3. The van der Waals surface area contributed by atoms with Gasteiger partial charge in [0.15, 0.2) is 0 Å². The Labute approximate surface area is 218 Å². The number of nitrogens with zero attached hydrogens (tertiary/aromatic N) is 3. The summed E-state index contributed by atoms with van der Waals surface area (Å²) < 4.78 is 0. The van der Waals surface area contributed by atoms with Gasteiger partial charge in [-0.3, -0.25) is 19.6 Å². The molecule has 7 nitrogen and oxygen atoms in total. The van der Waals surface area contributed by atoms with Gasteiger partial charge in [-0.1, -0.05) is 42.5 Å². The molecule has 0 saturated heterocycles. The Morgan fingerprint density at radius 1 is 1.08 bits per heavy atom. The number of hydrogen-bond acceptors (Lipinski definition) is 5. The molecule has 192 valence electrons. The maximum absolute atomic E-state index is 13.3. The van der Waals surface area contributed by atoms with E-state index in [1.54, 1.807) is 0 Å². The van der Waals surface area contributed by atoms with Crippen molar-refractivity contribution in [2.45, 2.75) is 52.1 Å². The second kappa shape index (κ2) is 9.90. The lowest BCUT2D eigenvalue weighted by molar-refractivity contribution is -0.137. The Morgan fingerprint density at radius 2 is 1.84 bits per heavy atom. The summed E-state index contributed by atoms with van der Waals surface area (Å²) in [5.41, 5.74) is 11.5. The Kier molecular flexibility index (Phi) is 6.65. The molecule has 0 saturated carbocycles. The molecule has 0 aromatic heterocycles. The first-order valence-corrected chi connectivity index (χ1v) is 12.9. The third-order valence-corrected chi connectivity index (χ3v) is 7.72. The third-order valence-electron chi connectivity index (χ3n) is 7.72. The minimum Gasteiger partial charge on any atom is -0.481 e. The summed E-state index contributed by atoms with van der Waals surface area (Å²) in [5.74, 6) is -1.11. The first-order chi connectivity index (χ1) is 17.8. The van der Waals surface area contributed by atoms with Crippen molar-refractivity contribution in [2.24, 2.45) is 0 Å². The van der Waals surface area contributed by atoms with Crippen molar-refractivity contribution in [3.05, 3.63) is 94.0 Å². The van der Waals surface area contributed by atoms with Crippen molar-refractivity contribution >= 4 is 23.3 Å². The highest BCUT2D eigenvalue weighted by atomic mass is 16.4. The molecule has 2 atom stereocenters. The van der Waals surface area contributed by atoms with Gasteiger partial charge in [0.1, 0.15) is 0 Å².